The molecule has 0 aliphatic heterocycles. The van der Waals surface area contributed by atoms with Gasteiger partial charge in [0.15, 0.2) is 6.61 Å². The van der Waals surface area contributed by atoms with Gasteiger partial charge in [-0.05, 0) is 30.7 Å². The van der Waals surface area contributed by atoms with Crippen LogP contribution in [0.5, 0.6) is 0 Å². The Hall–Kier alpha value is -3.49. The van der Waals surface area contributed by atoms with Crippen molar-refractivity contribution in [3.05, 3.63) is 69.5 Å². The predicted molar refractivity (Wildman–Crippen MR) is 95.3 cm³/mol. The van der Waals surface area contributed by atoms with Gasteiger partial charge in [-0.1, -0.05) is 12.1 Å². The largest absolute Gasteiger partial charge is 0.452 e. The Morgan fingerprint density at radius 1 is 1.26 bits per heavy atom. The van der Waals surface area contributed by atoms with Crippen LogP contribution in [0.3, 0.4) is 0 Å². The van der Waals surface area contributed by atoms with E-state index in [1.54, 1.807) is 19.1 Å². The first-order valence-electron chi connectivity index (χ1n) is 8.05. The molecule has 0 aliphatic rings. The maximum absolute atomic E-state index is 13.3. The zero-order valence-electron chi connectivity index (χ0n) is 14.6. The molecule has 2 aromatic rings. The van der Waals surface area contributed by atoms with Gasteiger partial charge in [0.05, 0.1) is 16.2 Å². The number of nitrogens with two attached hydrogens (primary N) is 1. The highest BCUT2D eigenvalue weighted by Crippen LogP contribution is 2.20. The summed E-state index contributed by atoms with van der Waals surface area (Å²) in [7, 11) is 0. The van der Waals surface area contributed by atoms with E-state index in [9.17, 15) is 24.1 Å². The molecule has 0 fully saturated rings. The minimum atomic E-state index is -0.863. The summed E-state index contributed by atoms with van der Waals surface area (Å²) in [4.78, 5) is 35.8. The van der Waals surface area contributed by atoms with Crippen molar-refractivity contribution in [1.29, 1.82) is 0 Å². The monoisotopic (exact) mass is 375 g/mol. The second kappa shape index (κ2) is 8.75. The van der Waals surface area contributed by atoms with Crippen molar-refractivity contribution in [2.45, 2.75) is 13.5 Å². The van der Waals surface area contributed by atoms with E-state index in [1.807, 2.05) is 0 Å². The molecule has 0 spiro atoms. The SMILES string of the molecule is CCN(Cc1cccc(F)c1)C(=O)COC(=O)c1ccc([N+](=O)[O-])cc1N. The topological polar surface area (TPSA) is 116 Å². The molecule has 27 heavy (non-hydrogen) atoms. The molecule has 0 aliphatic carbocycles. The smallest absolute Gasteiger partial charge is 0.340 e. The summed E-state index contributed by atoms with van der Waals surface area (Å²) in [6.45, 7) is 1.72. The number of carbonyl (C=O) groups is 2. The number of halogens is 1. The van der Waals surface area contributed by atoms with Crippen LogP contribution in [-0.2, 0) is 16.1 Å². The average molecular weight is 375 g/mol. The third-order valence-electron chi connectivity index (χ3n) is 3.79. The van der Waals surface area contributed by atoms with E-state index in [0.29, 0.717) is 12.1 Å². The van der Waals surface area contributed by atoms with Gasteiger partial charge < -0.3 is 15.4 Å². The van der Waals surface area contributed by atoms with Gasteiger partial charge in [0, 0.05) is 25.2 Å². The number of esters is 1. The summed E-state index contributed by atoms with van der Waals surface area (Å²) in [5.41, 5.74) is 5.80. The molecule has 0 unspecified atom stereocenters. The number of nitro benzene ring substituents is 1. The third kappa shape index (κ3) is 5.24. The molecule has 0 saturated heterocycles. The number of non-ortho nitro benzene ring substituents is 1. The summed E-state index contributed by atoms with van der Waals surface area (Å²) in [5, 5.41) is 10.7. The van der Waals surface area contributed by atoms with E-state index in [1.165, 1.54) is 23.1 Å². The van der Waals surface area contributed by atoms with Crippen LogP contribution in [-0.4, -0.2) is 34.9 Å². The Labute approximate surface area is 154 Å². The molecule has 0 bridgehead atoms. The number of amides is 1. The van der Waals surface area contributed by atoms with Crippen LogP contribution in [0.1, 0.15) is 22.8 Å². The third-order valence-corrected chi connectivity index (χ3v) is 3.79. The summed E-state index contributed by atoms with van der Waals surface area (Å²) in [5.74, 6) is -1.73. The van der Waals surface area contributed by atoms with E-state index < -0.39 is 29.2 Å². The predicted octanol–water partition coefficient (Wildman–Crippen LogP) is 2.52. The van der Waals surface area contributed by atoms with Crippen LogP contribution < -0.4 is 5.73 Å². The number of ether oxygens (including phenoxy) is 1. The second-order valence-corrected chi connectivity index (χ2v) is 5.64. The van der Waals surface area contributed by atoms with Gasteiger partial charge in [0.25, 0.3) is 11.6 Å². The van der Waals surface area contributed by atoms with Crippen molar-refractivity contribution in [2.75, 3.05) is 18.9 Å². The van der Waals surface area contributed by atoms with Crippen molar-refractivity contribution in [1.82, 2.24) is 4.90 Å². The molecule has 2 rings (SSSR count). The van der Waals surface area contributed by atoms with Crippen LogP contribution in [0.15, 0.2) is 42.5 Å². The molecule has 0 aromatic heterocycles. The Kier molecular flexibility index (Phi) is 6.42. The Bertz CT molecular complexity index is 872. The number of nitrogen functional groups attached to an aromatic ring is 1. The molecule has 8 nitrogen and oxygen atoms in total. The fourth-order valence-corrected chi connectivity index (χ4v) is 2.38. The van der Waals surface area contributed by atoms with E-state index in [2.05, 4.69) is 0 Å². The fourth-order valence-electron chi connectivity index (χ4n) is 2.38. The van der Waals surface area contributed by atoms with E-state index in [-0.39, 0.29) is 23.5 Å². The highest BCUT2D eigenvalue weighted by Gasteiger charge is 2.19. The zero-order chi connectivity index (χ0) is 20.0. The average Bonchev–Trinajstić information content (AvgIpc) is 2.63. The summed E-state index contributed by atoms with van der Waals surface area (Å²) in [6, 6.07) is 9.18. The van der Waals surface area contributed by atoms with Crippen molar-refractivity contribution >= 4 is 23.3 Å². The molecule has 2 N–H and O–H groups in total. The molecular formula is C18H18FN3O5. The molecule has 142 valence electrons. The van der Waals surface area contributed by atoms with Gasteiger partial charge in [-0.2, -0.15) is 0 Å². The van der Waals surface area contributed by atoms with Crippen molar-refractivity contribution < 1.29 is 23.6 Å². The Morgan fingerprint density at radius 3 is 2.59 bits per heavy atom. The minimum absolute atomic E-state index is 0.0680. The van der Waals surface area contributed by atoms with Gasteiger partial charge in [-0.15, -0.1) is 0 Å². The summed E-state index contributed by atoms with van der Waals surface area (Å²) >= 11 is 0. The number of benzene rings is 2. The summed E-state index contributed by atoms with van der Waals surface area (Å²) in [6.07, 6.45) is 0. The lowest BCUT2D eigenvalue weighted by atomic mass is 10.1. The fraction of sp³-hybridized carbons (Fsp3) is 0.222. The van der Waals surface area contributed by atoms with Gasteiger partial charge in [-0.25, -0.2) is 9.18 Å². The summed E-state index contributed by atoms with van der Waals surface area (Å²) < 4.78 is 18.2. The standard InChI is InChI=1S/C18H18FN3O5/c1-2-21(10-12-4-3-5-13(19)8-12)17(23)11-27-18(24)15-7-6-14(22(25)26)9-16(15)20/h3-9H,2,10-11,20H2,1H3. The molecular weight excluding hydrogens is 357 g/mol. The van der Waals surface area contributed by atoms with Crippen molar-refractivity contribution in [3.63, 3.8) is 0 Å². The lowest BCUT2D eigenvalue weighted by molar-refractivity contribution is -0.384. The number of rotatable bonds is 7. The first-order valence-corrected chi connectivity index (χ1v) is 8.05. The number of hydrogen-bond donors (Lipinski definition) is 1. The van der Waals surface area contributed by atoms with Gasteiger partial charge >= 0.3 is 5.97 Å². The zero-order valence-corrected chi connectivity index (χ0v) is 14.6. The van der Waals surface area contributed by atoms with Crippen LogP contribution in [0.4, 0.5) is 15.8 Å². The Morgan fingerprint density at radius 2 is 2.00 bits per heavy atom. The van der Waals surface area contributed by atoms with E-state index in [4.69, 9.17) is 10.5 Å². The number of likely N-dealkylation sites (N-methyl/N-ethyl adjacent to an activating group) is 1. The van der Waals surface area contributed by atoms with Crippen LogP contribution in [0, 0.1) is 15.9 Å². The minimum Gasteiger partial charge on any atom is -0.452 e. The number of nitro groups is 1. The molecule has 2 aromatic carbocycles. The number of hydrogen-bond acceptors (Lipinski definition) is 6. The maximum Gasteiger partial charge on any atom is 0.340 e. The lowest BCUT2D eigenvalue weighted by Gasteiger charge is -2.21. The molecule has 1 amide bonds. The van der Waals surface area contributed by atoms with Gasteiger partial charge in [0.2, 0.25) is 0 Å². The number of carbonyl (C=O) groups excluding carboxylic acids is 2. The molecule has 0 heterocycles. The normalized spacial score (nSPS) is 10.3. The Balaban J connectivity index is 1.98. The van der Waals surface area contributed by atoms with Crippen LogP contribution >= 0.6 is 0 Å². The first-order chi connectivity index (χ1) is 12.8. The quantitative estimate of drug-likeness (QED) is 0.344. The first kappa shape index (κ1) is 19.8. The second-order valence-electron chi connectivity index (χ2n) is 5.64. The van der Waals surface area contributed by atoms with E-state index >= 15 is 0 Å². The highest BCUT2D eigenvalue weighted by atomic mass is 19.1. The number of anilines is 1. The van der Waals surface area contributed by atoms with Crippen LogP contribution in [0.2, 0.25) is 0 Å². The van der Waals surface area contributed by atoms with Crippen molar-refractivity contribution in [3.8, 4) is 0 Å². The molecule has 9 heteroatoms. The highest BCUT2D eigenvalue weighted by molar-refractivity contribution is 5.96. The lowest BCUT2D eigenvalue weighted by Crippen LogP contribution is -2.34. The molecule has 0 radical (unpaired) electrons. The van der Waals surface area contributed by atoms with Crippen LogP contribution in [0.25, 0.3) is 0 Å². The van der Waals surface area contributed by atoms with E-state index in [0.717, 1.165) is 12.1 Å². The van der Waals surface area contributed by atoms with Crippen molar-refractivity contribution in [2.24, 2.45) is 0 Å². The van der Waals surface area contributed by atoms with Gasteiger partial charge in [0.1, 0.15) is 5.82 Å². The molecule has 0 saturated carbocycles. The molecule has 0 atom stereocenters. The van der Waals surface area contributed by atoms with Gasteiger partial charge in [-0.3, -0.25) is 14.9 Å². The maximum atomic E-state index is 13.3. The number of nitrogens with zero attached hydrogens (tertiary/aromatic N) is 2.